The Morgan fingerprint density at radius 2 is 2.40 bits per heavy atom. The number of carbonyl (C=O) groups is 1. The van der Waals surface area contributed by atoms with E-state index in [1.54, 1.807) is 12.3 Å². The standard InChI is InChI=1S/C11H18N2O2/c1-3-8(2)10(12)11(14)13-7-9-5-4-6-15-9/h4-6,8,10H,3,7,12H2,1-2H3,(H,13,14)/t8-,10-/m0/s1. The number of amides is 1. The van der Waals surface area contributed by atoms with E-state index in [1.807, 2.05) is 19.9 Å². The van der Waals surface area contributed by atoms with Crippen molar-refractivity contribution in [1.29, 1.82) is 0 Å². The van der Waals surface area contributed by atoms with E-state index < -0.39 is 6.04 Å². The molecule has 84 valence electrons. The van der Waals surface area contributed by atoms with Gasteiger partial charge in [0.25, 0.3) is 0 Å². The van der Waals surface area contributed by atoms with Gasteiger partial charge in [-0.15, -0.1) is 0 Å². The molecule has 0 saturated carbocycles. The van der Waals surface area contributed by atoms with Crippen LogP contribution in [0.3, 0.4) is 0 Å². The van der Waals surface area contributed by atoms with Crippen molar-refractivity contribution in [3.8, 4) is 0 Å². The molecule has 4 nitrogen and oxygen atoms in total. The van der Waals surface area contributed by atoms with Gasteiger partial charge in [-0.05, 0) is 18.1 Å². The van der Waals surface area contributed by atoms with Gasteiger partial charge in [0, 0.05) is 0 Å². The quantitative estimate of drug-likeness (QED) is 0.769. The molecule has 1 rings (SSSR count). The molecule has 0 aliphatic rings. The number of rotatable bonds is 5. The average Bonchev–Trinajstić information content (AvgIpc) is 2.76. The minimum absolute atomic E-state index is 0.124. The zero-order valence-electron chi connectivity index (χ0n) is 9.19. The van der Waals surface area contributed by atoms with E-state index in [9.17, 15) is 4.79 Å². The molecule has 0 bridgehead atoms. The lowest BCUT2D eigenvalue weighted by molar-refractivity contribution is -0.123. The summed E-state index contributed by atoms with van der Waals surface area (Å²) in [5.74, 6) is 0.807. The molecule has 0 aliphatic heterocycles. The second kappa shape index (κ2) is 5.56. The first-order valence-electron chi connectivity index (χ1n) is 5.20. The Balaban J connectivity index is 2.36. The van der Waals surface area contributed by atoms with E-state index in [0.29, 0.717) is 6.54 Å². The smallest absolute Gasteiger partial charge is 0.237 e. The molecule has 0 aliphatic carbocycles. The third kappa shape index (κ3) is 3.40. The molecule has 1 amide bonds. The lowest BCUT2D eigenvalue weighted by atomic mass is 9.99. The Morgan fingerprint density at radius 1 is 1.67 bits per heavy atom. The molecule has 0 aromatic carbocycles. The molecule has 0 unspecified atom stereocenters. The van der Waals surface area contributed by atoms with E-state index in [2.05, 4.69) is 5.32 Å². The summed E-state index contributed by atoms with van der Waals surface area (Å²) in [4.78, 5) is 11.6. The van der Waals surface area contributed by atoms with Crippen LogP contribution in [-0.4, -0.2) is 11.9 Å². The number of nitrogens with two attached hydrogens (primary N) is 1. The van der Waals surface area contributed by atoms with Crippen LogP contribution in [0.5, 0.6) is 0 Å². The molecule has 2 atom stereocenters. The summed E-state index contributed by atoms with van der Waals surface area (Å²) in [6, 6.07) is 3.16. The Labute approximate surface area is 89.8 Å². The van der Waals surface area contributed by atoms with Crippen molar-refractivity contribution >= 4 is 5.91 Å². The Kier molecular flexibility index (Phi) is 4.37. The maximum absolute atomic E-state index is 11.6. The highest BCUT2D eigenvalue weighted by Crippen LogP contribution is 2.05. The highest BCUT2D eigenvalue weighted by atomic mass is 16.3. The predicted octanol–water partition coefficient (Wildman–Crippen LogP) is 1.27. The maximum Gasteiger partial charge on any atom is 0.237 e. The third-order valence-corrected chi connectivity index (χ3v) is 2.58. The first-order chi connectivity index (χ1) is 7.15. The number of hydrogen-bond donors (Lipinski definition) is 2. The van der Waals surface area contributed by atoms with Gasteiger partial charge in [-0.2, -0.15) is 0 Å². The monoisotopic (exact) mass is 210 g/mol. The summed E-state index contributed by atoms with van der Waals surface area (Å²) >= 11 is 0. The highest BCUT2D eigenvalue weighted by molar-refractivity contribution is 5.81. The van der Waals surface area contributed by atoms with Gasteiger partial charge in [-0.3, -0.25) is 4.79 Å². The van der Waals surface area contributed by atoms with E-state index in [1.165, 1.54) is 0 Å². The van der Waals surface area contributed by atoms with Crippen LogP contribution in [0.4, 0.5) is 0 Å². The SMILES string of the molecule is CC[C@H](C)[C@H](N)C(=O)NCc1ccco1. The van der Waals surface area contributed by atoms with Crippen LogP contribution in [0, 0.1) is 5.92 Å². The zero-order valence-corrected chi connectivity index (χ0v) is 9.19. The lowest BCUT2D eigenvalue weighted by Gasteiger charge is -2.17. The van der Waals surface area contributed by atoms with Crippen molar-refractivity contribution in [2.45, 2.75) is 32.9 Å². The van der Waals surface area contributed by atoms with Gasteiger partial charge in [-0.25, -0.2) is 0 Å². The topological polar surface area (TPSA) is 68.3 Å². The molecule has 1 heterocycles. The van der Waals surface area contributed by atoms with Crippen LogP contribution >= 0.6 is 0 Å². The highest BCUT2D eigenvalue weighted by Gasteiger charge is 2.18. The Morgan fingerprint density at radius 3 is 2.93 bits per heavy atom. The lowest BCUT2D eigenvalue weighted by Crippen LogP contribution is -2.44. The summed E-state index contributed by atoms with van der Waals surface area (Å²) in [6.07, 6.45) is 2.48. The summed E-state index contributed by atoms with van der Waals surface area (Å²) in [6.45, 7) is 4.39. The van der Waals surface area contributed by atoms with Crippen LogP contribution < -0.4 is 11.1 Å². The number of furan rings is 1. The van der Waals surface area contributed by atoms with Crippen LogP contribution in [0.25, 0.3) is 0 Å². The van der Waals surface area contributed by atoms with Gasteiger partial charge in [-0.1, -0.05) is 20.3 Å². The van der Waals surface area contributed by atoms with Crippen molar-refractivity contribution in [3.63, 3.8) is 0 Å². The molecule has 0 spiro atoms. The molecule has 0 saturated heterocycles. The van der Waals surface area contributed by atoms with Gasteiger partial charge in [0.2, 0.25) is 5.91 Å². The average molecular weight is 210 g/mol. The van der Waals surface area contributed by atoms with Crippen molar-refractivity contribution in [1.82, 2.24) is 5.32 Å². The minimum atomic E-state index is -0.440. The van der Waals surface area contributed by atoms with Crippen molar-refractivity contribution < 1.29 is 9.21 Å². The first-order valence-corrected chi connectivity index (χ1v) is 5.20. The number of hydrogen-bond acceptors (Lipinski definition) is 3. The molecule has 15 heavy (non-hydrogen) atoms. The molecule has 3 N–H and O–H groups in total. The zero-order chi connectivity index (χ0) is 11.3. The van der Waals surface area contributed by atoms with E-state index >= 15 is 0 Å². The van der Waals surface area contributed by atoms with Crippen molar-refractivity contribution in [2.75, 3.05) is 0 Å². The predicted molar refractivity (Wildman–Crippen MR) is 58.0 cm³/mol. The van der Waals surface area contributed by atoms with E-state index in [-0.39, 0.29) is 11.8 Å². The van der Waals surface area contributed by atoms with Gasteiger partial charge in [0.05, 0.1) is 18.8 Å². The van der Waals surface area contributed by atoms with E-state index in [0.717, 1.165) is 12.2 Å². The molecule has 1 aromatic rings. The first kappa shape index (κ1) is 11.8. The fourth-order valence-corrected chi connectivity index (χ4v) is 1.22. The summed E-state index contributed by atoms with van der Waals surface area (Å²) in [5, 5.41) is 2.74. The summed E-state index contributed by atoms with van der Waals surface area (Å²) < 4.78 is 5.09. The Bertz CT molecular complexity index is 296. The summed E-state index contributed by atoms with van der Waals surface area (Å²) in [5.41, 5.74) is 5.77. The molecule has 0 fully saturated rings. The van der Waals surface area contributed by atoms with Gasteiger partial charge < -0.3 is 15.5 Å². The van der Waals surface area contributed by atoms with Crippen LogP contribution in [0.2, 0.25) is 0 Å². The van der Waals surface area contributed by atoms with Crippen molar-refractivity contribution in [2.24, 2.45) is 11.7 Å². The molecular weight excluding hydrogens is 192 g/mol. The van der Waals surface area contributed by atoms with Crippen LogP contribution in [-0.2, 0) is 11.3 Å². The van der Waals surface area contributed by atoms with Gasteiger partial charge in [0.15, 0.2) is 0 Å². The van der Waals surface area contributed by atoms with Gasteiger partial charge in [0.1, 0.15) is 5.76 Å². The molecule has 1 aromatic heterocycles. The van der Waals surface area contributed by atoms with Crippen molar-refractivity contribution in [3.05, 3.63) is 24.2 Å². The number of nitrogens with one attached hydrogen (secondary N) is 1. The Hall–Kier alpha value is -1.29. The molecule has 4 heteroatoms. The largest absolute Gasteiger partial charge is 0.467 e. The normalized spacial score (nSPS) is 14.6. The fourth-order valence-electron chi connectivity index (χ4n) is 1.22. The third-order valence-electron chi connectivity index (χ3n) is 2.58. The fraction of sp³-hybridized carbons (Fsp3) is 0.545. The van der Waals surface area contributed by atoms with Crippen LogP contribution in [0.15, 0.2) is 22.8 Å². The van der Waals surface area contributed by atoms with Gasteiger partial charge >= 0.3 is 0 Å². The molecular formula is C11H18N2O2. The number of carbonyl (C=O) groups excluding carboxylic acids is 1. The summed E-state index contributed by atoms with van der Waals surface area (Å²) in [7, 11) is 0. The van der Waals surface area contributed by atoms with Crippen LogP contribution in [0.1, 0.15) is 26.0 Å². The maximum atomic E-state index is 11.6. The minimum Gasteiger partial charge on any atom is -0.467 e. The second-order valence-electron chi connectivity index (χ2n) is 3.71. The second-order valence-corrected chi connectivity index (χ2v) is 3.71. The van der Waals surface area contributed by atoms with E-state index in [4.69, 9.17) is 10.2 Å². The molecule has 0 radical (unpaired) electrons.